The van der Waals surface area contributed by atoms with Crippen LogP contribution >= 0.6 is 15.9 Å². The van der Waals surface area contributed by atoms with Crippen molar-refractivity contribution in [1.29, 1.82) is 0 Å². The van der Waals surface area contributed by atoms with Crippen LogP contribution in [0.2, 0.25) is 0 Å². The third-order valence-electron chi connectivity index (χ3n) is 2.42. The molecule has 5 nitrogen and oxygen atoms in total. The SMILES string of the molecule is O=Cc1cccc(Oc2cc(F)c(Br)cc2[N+](=O)[O-])c1. The smallest absolute Gasteiger partial charge is 0.312 e. The van der Waals surface area contributed by atoms with E-state index in [2.05, 4.69) is 15.9 Å². The number of carbonyl (C=O) groups is 1. The molecule has 0 N–H and O–H groups in total. The van der Waals surface area contributed by atoms with E-state index >= 15 is 0 Å². The first-order chi connectivity index (χ1) is 9.51. The number of hydrogen-bond acceptors (Lipinski definition) is 4. The molecule has 0 saturated carbocycles. The molecule has 2 rings (SSSR count). The van der Waals surface area contributed by atoms with Gasteiger partial charge in [-0.25, -0.2) is 4.39 Å². The Morgan fingerprint density at radius 1 is 1.30 bits per heavy atom. The summed E-state index contributed by atoms with van der Waals surface area (Å²) in [5.74, 6) is -0.713. The van der Waals surface area contributed by atoms with Crippen molar-refractivity contribution in [2.45, 2.75) is 0 Å². The molecule has 2 aromatic rings. The highest BCUT2D eigenvalue weighted by Crippen LogP contribution is 2.35. The second-order valence-electron chi connectivity index (χ2n) is 3.78. The average Bonchev–Trinajstić information content (AvgIpc) is 2.42. The topological polar surface area (TPSA) is 69.4 Å². The Kier molecular flexibility index (Phi) is 4.09. The van der Waals surface area contributed by atoms with Crippen LogP contribution in [0.4, 0.5) is 10.1 Å². The third-order valence-corrected chi connectivity index (χ3v) is 3.03. The molecule has 0 amide bonds. The Hall–Kier alpha value is -2.28. The Morgan fingerprint density at radius 3 is 2.70 bits per heavy atom. The van der Waals surface area contributed by atoms with E-state index in [1.807, 2.05) is 0 Å². The normalized spacial score (nSPS) is 10.1. The van der Waals surface area contributed by atoms with E-state index in [1.165, 1.54) is 12.1 Å². The number of hydrogen-bond donors (Lipinski definition) is 0. The first kappa shape index (κ1) is 14.1. The van der Waals surface area contributed by atoms with Crippen molar-refractivity contribution in [3.05, 3.63) is 62.4 Å². The summed E-state index contributed by atoms with van der Waals surface area (Å²) in [6.45, 7) is 0. The average molecular weight is 340 g/mol. The largest absolute Gasteiger partial charge is 0.450 e. The lowest BCUT2D eigenvalue weighted by molar-refractivity contribution is -0.385. The molecule has 2 aromatic carbocycles. The van der Waals surface area contributed by atoms with Crippen molar-refractivity contribution in [2.24, 2.45) is 0 Å². The van der Waals surface area contributed by atoms with E-state index in [9.17, 15) is 19.3 Å². The fourth-order valence-corrected chi connectivity index (χ4v) is 1.85. The van der Waals surface area contributed by atoms with Crippen molar-refractivity contribution >= 4 is 27.9 Å². The number of nitro benzene ring substituents is 1. The monoisotopic (exact) mass is 339 g/mol. The molecule has 20 heavy (non-hydrogen) atoms. The summed E-state index contributed by atoms with van der Waals surface area (Å²) in [5, 5.41) is 10.9. The van der Waals surface area contributed by atoms with Gasteiger partial charge in [0.15, 0.2) is 0 Å². The number of nitrogens with zero attached hydrogens (tertiary/aromatic N) is 1. The summed E-state index contributed by atoms with van der Waals surface area (Å²) in [5.41, 5.74) is -0.0301. The molecule has 0 unspecified atom stereocenters. The van der Waals surface area contributed by atoms with E-state index in [4.69, 9.17) is 4.74 Å². The lowest BCUT2D eigenvalue weighted by Gasteiger charge is -2.07. The Balaban J connectivity index is 2.44. The van der Waals surface area contributed by atoms with Gasteiger partial charge >= 0.3 is 5.69 Å². The van der Waals surface area contributed by atoms with Gasteiger partial charge in [0.1, 0.15) is 17.9 Å². The summed E-state index contributed by atoms with van der Waals surface area (Å²) in [7, 11) is 0. The van der Waals surface area contributed by atoms with Crippen LogP contribution in [0.5, 0.6) is 11.5 Å². The summed E-state index contributed by atoms with van der Waals surface area (Å²) in [4.78, 5) is 20.9. The van der Waals surface area contributed by atoms with Crippen LogP contribution in [0.3, 0.4) is 0 Å². The van der Waals surface area contributed by atoms with Crippen LogP contribution in [-0.4, -0.2) is 11.2 Å². The van der Waals surface area contributed by atoms with Gasteiger partial charge in [-0.05, 0) is 28.1 Å². The van der Waals surface area contributed by atoms with Gasteiger partial charge in [-0.2, -0.15) is 0 Å². The second kappa shape index (κ2) is 5.79. The van der Waals surface area contributed by atoms with Gasteiger partial charge in [0.05, 0.1) is 9.40 Å². The molecule has 0 spiro atoms. The van der Waals surface area contributed by atoms with Gasteiger partial charge in [-0.3, -0.25) is 14.9 Å². The Bertz CT molecular complexity index is 690. The summed E-state index contributed by atoms with van der Waals surface area (Å²) < 4.78 is 18.7. The van der Waals surface area contributed by atoms with E-state index in [0.29, 0.717) is 11.8 Å². The van der Waals surface area contributed by atoms with Crippen LogP contribution in [-0.2, 0) is 0 Å². The van der Waals surface area contributed by atoms with Gasteiger partial charge in [0.25, 0.3) is 0 Å². The highest BCUT2D eigenvalue weighted by atomic mass is 79.9. The summed E-state index contributed by atoms with van der Waals surface area (Å²) in [6.07, 6.45) is 0.615. The molecule has 0 atom stereocenters. The van der Waals surface area contributed by atoms with Gasteiger partial charge in [-0.15, -0.1) is 0 Å². The van der Waals surface area contributed by atoms with E-state index in [-0.39, 0.29) is 21.7 Å². The predicted octanol–water partition coefficient (Wildman–Crippen LogP) is 4.10. The summed E-state index contributed by atoms with van der Waals surface area (Å²) in [6, 6.07) is 7.95. The zero-order chi connectivity index (χ0) is 14.7. The first-order valence-corrected chi connectivity index (χ1v) is 6.17. The molecular weight excluding hydrogens is 333 g/mol. The van der Waals surface area contributed by atoms with Gasteiger partial charge in [0.2, 0.25) is 5.75 Å². The number of benzene rings is 2. The molecule has 0 aliphatic rings. The van der Waals surface area contributed by atoms with Gasteiger partial charge in [-0.1, -0.05) is 12.1 Å². The molecule has 0 radical (unpaired) electrons. The fourth-order valence-electron chi connectivity index (χ4n) is 1.52. The van der Waals surface area contributed by atoms with Crippen molar-refractivity contribution in [2.75, 3.05) is 0 Å². The minimum atomic E-state index is -0.683. The lowest BCUT2D eigenvalue weighted by Crippen LogP contribution is -1.95. The van der Waals surface area contributed by atoms with E-state index in [0.717, 1.165) is 12.1 Å². The highest BCUT2D eigenvalue weighted by Gasteiger charge is 2.19. The molecule has 0 aliphatic carbocycles. The minimum Gasteiger partial charge on any atom is -0.450 e. The number of ether oxygens (including phenoxy) is 1. The zero-order valence-corrected chi connectivity index (χ0v) is 11.5. The molecule has 7 heteroatoms. The number of carbonyl (C=O) groups excluding carboxylic acids is 1. The third kappa shape index (κ3) is 3.00. The molecule has 0 bridgehead atoms. The van der Waals surface area contributed by atoms with Crippen LogP contribution in [0.25, 0.3) is 0 Å². The molecule has 102 valence electrons. The Morgan fingerprint density at radius 2 is 2.05 bits per heavy atom. The van der Waals surface area contributed by atoms with Crippen LogP contribution in [0.15, 0.2) is 40.9 Å². The molecule has 0 aliphatic heterocycles. The quantitative estimate of drug-likeness (QED) is 0.477. The fraction of sp³-hybridized carbons (Fsp3) is 0. The maximum absolute atomic E-state index is 13.5. The van der Waals surface area contributed by atoms with Gasteiger partial charge < -0.3 is 4.74 Å². The zero-order valence-electron chi connectivity index (χ0n) is 9.88. The maximum atomic E-state index is 13.5. The first-order valence-electron chi connectivity index (χ1n) is 5.38. The summed E-state index contributed by atoms with van der Waals surface area (Å²) >= 11 is 2.88. The minimum absolute atomic E-state index is 0.0295. The van der Waals surface area contributed by atoms with Crippen molar-refractivity contribution in [1.82, 2.24) is 0 Å². The molecule has 0 heterocycles. The van der Waals surface area contributed by atoms with Crippen LogP contribution in [0, 0.1) is 15.9 Å². The van der Waals surface area contributed by atoms with Crippen molar-refractivity contribution < 1.29 is 18.8 Å². The number of halogens is 2. The maximum Gasteiger partial charge on any atom is 0.312 e. The Labute approximate surface area is 121 Å². The highest BCUT2D eigenvalue weighted by molar-refractivity contribution is 9.10. The van der Waals surface area contributed by atoms with Crippen molar-refractivity contribution in [3.63, 3.8) is 0 Å². The molecule has 0 aromatic heterocycles. The van der Waals surface area contributed by atoms with E-state index in [1.54, 1.807) is 12.1 Å². The van der Waals surface area contributed by atoms with Crippen LogP contribution < -0.4 is 4.74 Å². The van der Waals surface area contributed by atoms with Gasteiger partial charge in [0, 0.05) is 17.7 Å². The predicted molar refractivity (Wildman–Crippen MR) is 72.7 cm³/mol. The second-order valence-corrected chi connectivity index (χ2v) is 4.64. The number of nitro groups is 1. The molecule has 0 saturated heterocycles. The molecular formula is C13H7BrFNO4. The lowest BCUT2D eigenvalue weighted by atomic mass is 10.2. The standard InChI is InChI=1S/C13H7BrFNO4/c14-10-5-12(16(18)19)13(6-11(10)15)20-9-3-1-2-8(4-9)7-17/h1-7H. The van der Waals surface area contributed by atoms with E-state index < -0.39 is 10.7 Å². The van der Waals surface area contributed by atoms with Crippen LogP contribution in [0.1, 0.15) is 10.4 Å². The molecule has 0 fully saturated rings. The van der Waals surface area contributed by atoms with Crippen molar-refractivity contribution in [3.8, 4) is 11.5 Å². The number of aldehydes is 1. The number of rotatable bonds is 4.